The van der Waals surface area contributed by atoms with Gasteiger partial charge in [0.25, 0.3) is 0 Å². The molecule has 0 aliphatic heterocycles. The molecule has 0 aromatic heterocycles. The molecule has 0 aromatic rings. The van der Waals surface area contributed by atoms with Crippen LogP contribution in [0.2, 0.25) is 0 Å². The Bertz CT molecular complexity index is 597. The molecule has 0 radical (unpaired) electrons. The van der Waals surface area contributed by atoms with E-state index < -0.39 is 5.60 Å². The summed E-state index contributed by atoms with van der Waals surface area (Å²) in [7, 11) is 0. The van der Waals surface area contributed by atoms with Crippen molar-refractivity contribution in [2.24, 2.45) is 22.7 Å². The van der Waals surface area contributed by atoms with Crippen molar-refractivity contribution >= 4 is 5.97 Å². The molecule has 134 valence electrons. The maximum atomic E-state index is 12.0. The lowest BCUT2D eigenvalue weighted by Gasteiger charge is -2.57. The molecule has 3 aliphatic carbocycles. The van der Waals surface area contributed by atoms with Crippen molar-refractivity contribution < 1.29 is 9.53 Å². The lowest BCUT2D eigenvalue weighted by atomic mass is 9.51. The molecule has 0 aromatic carbocycles. The maximum Gasteiger partial charge on any atom is 0.303 e. The van der Waals surface area contributed by atoms with E-state index in [0.29, 0.717) is 11.8 Å². The van der Waals surface area contributed by atoms with Crippen LogP contribution < -0.4 is 0 Å². The number of rotatable bonds is 1. The van der Waals surface area contributed by atoms with Crippen LogP contribution in [0.15, 0.2) is 23.3 Å². The molecule has 0 heterocycles. The zero-order valence-electron chi connectivity index (χ0n) is 16.4. The Morgan fingerprint density at radius 3 is 2.54 bits per heavy atom. The van der Waals surface area contributed by atoms with Gasteiger partial charge in [0, 0.05) is 12.3 Å². The van der Waals surface area contributed by atoms with Crippen molar-refractivity contribution in [1.29, 1.82) is 0 Å². The number of carbonyl (C=O) groups excluding carboxylic acids is 1. The summed E-state index contributed by atoms with van der Waals surface area (Å²) in [5, 5.41) is 0. The Balaban J connectivity index is 2.21. The number of carbonyl (C=O) groups is 1. The van der Waals surface area contributed by atoms with Gasteiger partial charge in [0.1, 0.15) is 5.60 Å². The van der Waals surface area contributed by atoms with Gasteiger partial charge in [-0.05, 0) is 74.3 Å². The van der Waals surface area contributed by atoms with Crippen LogP contribution in [-0.2, 0) is 9.53 Å². The van der Waals surface area contributed by atoms with E-state index in [1.165, 1.54) is 36.8 Å². The number of allylic oxidation sites excluding steroid dienone is 3. The van der Waals surface area contributed by atoms with E-state index in [4.69, 9.17) is 4.74 Å². The quantitative estimate of drug-likeness (QED) is 0.566. The fraction of sp³-hybridized carbons (Fsp3) is 0.773. The zero-order valence-corrected chi connectivity index (χ0v) is 16.4. The van der Waals surface area contributed by atoms with Gasteiger partial charge in [0.2, 0.25) is 0 Å². The topological polar surface area (TPSA) is 26.3 Å². The van der Waals surface area contributed by atoms with Gasteiger partial charge in [-0.1, -0.05) is 39.3 Å². The third-order valence-electron chi connectivity index (χ3n) is 7.61. The van der Waals surface area contributed by atoms with Crippen LogP contribution >= 0.6 is 0 Å². The van der Waals surface area contributed by atoms with E-state index in [9.17, 15) is 4.79 Å². The van der Waals surface area contributed by atoms with Gasteiger partial charge in [-0.2, -0.15) is 0 Å². The molecule has 2 heteroatoms. The molecule has 3 aliphatic rings. The van der Waals surface area contributed by atoms with Crippen LogP contribution in [0, 0.1) is 22.7 Å². The predicted octanol–water partition coefficient (Wildman–Crippen LogP) is 5.83. The number of hydrogen-bond acceptors (Lipinski definition) is 2. The van der Waals surface area contributed by atoms with Crippen molar-refractivity contribution in [2.75, 3.05) is 0 Å². The van der Waals surface area contributed by atoms with Crippen molar-refractivity contribution in [1.82, 2.24) is 0 Å². The fourth-order valence-electron chi connectivity index (χ4n) is 5.95. The number of esters is 1. The lowest BCUT2D eigenvalue weighted by molar-refractivity contribution is -0.181. The first kappa shape index (κ1) is 17.8. The van der Waals surface area contributed by atoms with Crippen LogP contribution in [0.4, 0.5) is 0 Å². The van der Waals surface area contributed by atoms with Crippen LogP contribution in [0.3, 0.4) is 0 Å². The van der Waals surface area contributed by atoms with Gasteiger partial charge >= 0.3 is 5.97 Å². The molecule has 4 atom stereocenters. The number of ether oxygens (including phenoxy) is 1. The highest BCUT2D eigenvalue weighted by Crippen LogP contribution is 2.59. The second-order valence-corrected chi connectivity index (χ2v) is 9.41. The van der Waals surface area contributed by atoms with Gasteiger partial charge in [-0.3, -0.25) is 4.79 Å². The third-order valence-corrected chi connectivity index (χ3v) is 7.61. The van der Waals surface area contributed by atoms with Crippen LogP contribution in [0.25, 0.3) is 0 Å². The van der Waals surface area contributed by atoms with Crippen LogP contribution in [-0.4, -0.2) is 11.6 Å². The van der Waals surface area contributed by atoms with E-state index in [1.54, 1.807) is 6.92 Å². The van der Waals surface area contributed by atoms with Gasteiger partial charge in [-0.15, -0.1) is 0 Å². The molecular formula is C22H34O2. The van der Waals surface area contributed by atoms with E-state index >= 15 is 0 Å². The zero-order chi connectivity index (χ0) is 17.8. The summed E-state index contributed by atoms with van der Waals surface area (Å²) in [6.07, 6.45) is 11.7. The molecule has 24 heavy (non-hydrogen) atoms. The summed E-state index contributed by atoms with van der Waals surface area (Å²) in [6.45, 7) is 13.3. The minimum absolute atomic E-state index is 0.0254. The molecule has 0 N–H and O–H groups in total. The van der Waals surface area contributed by atoms with Crippen molar-refractivity contribution in [3.63, 3.8) is 0 Å². The van der Waals surface area contributed by atoms with Gasteiger partial charge < -0.3 is 4.74 Å². The Kier molecular flexibility index (Phi) is 4.25. The second kappa shape index (κ2) is 5.75. The van der Waals surface area contributed by atoms with E-state index in [1.807, 2.05) is 0 Å². The highest BCUT2D eigenvalue weighted by atomic mass is 16.6. The number of hydrogen-bond donors (Lipinski definition) is 0. The molecular weight excluding hydrogens is 296 g/mol. The summed E-state index contributed by atoms with van der Waals surface area (Å²) in [6, 6.07) is 0. The number of fused-ring (bicyclic) bond motifs is 3. The van der Waals surface area contributed by atoms with Crippen molar-refractivity contribution in [3.05, 3.63) is 23.3 Å². The Morgan fingerprint density at radius 2 is 1.88 bits per heavy atom. The smallest absolute Gasteiger partial charge is 0.303 e. The summed E-state index contributed by atoms with van der Waals surface area (Å²) >= 11 is 0. The summed E-state index contributed by atoms with van der Waals surface area (Å²) in [5.74, 6) is 1.15. The molecule has 0 amide bonds. The Morgan fingerprint density at radius 1 is 1.17 bits per heavy atom. The normalized spacial score (nSPS) is 43.4. The predicted molar refractivity (Wildman–Crippen MR) is 98.6 cm³/mol. The molecule has 0 spiro atoms. The summed E-state index contributed by atoms with van der Waals surface area (Å²) in [4.78, 5) is 12.0. The van der Waals surface area contributed by atoms with Gasteiger partial charge in [0.15, 0.2) is 0 Å². The van der Waals surface area contributed by atoms with Gasteiger partial charge in [-0.25, -0.2) is 0 Å². The highest BCUT2D eigenvalue weighted by molar-refractivity contribution is 5.67. The Labute approximate surface area is 147 Å². The average molecular weight is 331 g/mol. The Hall–Kier alpha value is -1.05. The molecule has 2 bridgehead atoms. The summed E-state index contributed by atoms with van der Waals surface area (Å²) in [5.41, 5.74) is 2.58. The van der Waals surface area contributed by atoms with E-state index in [0.717, 1.165) is 12.8 Å². The monoisotopic (exact) mass is 330 g/mol. The standard InChI is InChI=1S/C22H34O2/c1-15-8-7-11-21(6)12-10-18-16(2)9-13-22(14-19(15)21,20(18,4)5)24-17(3)23/h8,14,16,18H,7,9-13H2,1-6H3/b19-14-/t16-,18+,21+,22-/m1/s1. The molecule has 2 nitrogen and oxygen atoms in total. The highest BCUT2D eigenvalue weighted by Gasteiger charge is 2.57. The molecule has 1 fully saturated rings. The first-order chi connectivity index (χ1) is 11.1. The SMILES string of the molecule is CC(=O)O[C@@]12/C=C3/C(C)=CCC[C@@]3(C)CC[C@@H]([C@H](C)CC1)C2(C)C. The minimum Gasteiger partial charge on any atom is -0.454 e. The second-order valence-electron chi connectivity index (χ2n) is 9.41. The van der Waals surface area contributed by atoms with E-state index in [2.05, 4.69) is 46.8 Å². The first-order valence-corrected chi connectivity index (χ1v) is 9.71. The minimum atomic E-state index is -0.459. The van der Waals surface area contributed by atoms with Crippen LogP contribution in [0.1, 0.15) is 80.1 Å². The summed E-state index contributed by atoms with van der Waals surface area (Å²) < 4.78 is 6.15. The molecule has 1 saturated carbocycles. The van der Waals surface area contributed by atoms with Crippen molar-refractivity contribution in [3.8, 4) is 0 Å². The van der Waals surface area contributed by atoms with Crippen LogP contribution in [0.5, 0.6) is 0 Å². The molecule has 0 unspecified atom stereocenters. The van der Waals surface area contributed by atoms with Gasteiger partial charge in [0.05, 0.1) is 0 Å². The van der Waals surface area contributed by atoms with Crippen molar-refractivity contribution in [2.45, 2.75) is 85.7 Å². The lowest BCUT2D eigenvalue weighted by Crippen LogP contribution is -2.57. The molecule has 3 rings (SSSR count). The largest absolute Gasteiger partial charge is 0.454 e. The molecule has 0 saturated heterocycles. The fourth-order valence-corrected chi connectivity index (χ4v) is 5.95. The third kappa shape index (κ3) is 2.57. The van der Waals surface area contributed by atoms with E-state index in [-0.39, 0.29) is 16.8 Å². The maximum absolute atomic E-state index is 12.0. The average Bonchev–Trinajstić information content (AvgIpc) is 2.46. The first-order valence-electron chi connectivity index (χ1n) is 9.71.